The fourth-order valence-electron chi connectivity index (χ4n) is 1.78. The number of primary amides is 1. The molecule has 20 heavy (non-hydrogen) atoms. The van der Waals surface area contributed by atoms with Gasteiger partial charge in [-0.3, -0.25) is 9.59 Å². The lowest BCUT2D eigenvalue weighted by atomic mass is 10.1. The molecule has 2 rings (SSSR count). The molecule has 0 saturated carbocycles. The molecule has 5 nitrogen and oxygen atoms in total. The fourth-order valence-corrected chi connectivity index (χ4v) is 1.78. The van der Waals surface area contributed by atoms with E-state index in [2.05, 4.69) is 10.3 Å². The van der Waals surface area contributed by atoms with Crippen molar-refractivity contribution in [1.82, 2.24) is 4.98 Å². The monoisotopic (exact) mass is 273 g/mol. The predicted octanol–water partition coefficient (Wildman–Crippen LogP) is 1.88. The Morgan fingerprint density at radius 3 is 2.55 bits per heavy atom. The Bertz CT molecular complexity index is 686. The quantitative estimate of drug-likeness (QED) is 0.837. The first-order chi connectivity index (χ1) is 9.50. The number of nitrogens with one attached hydrogen (secondary N) is 1. The molecule has 0 saturated heterocycles. The number of carbonyl (C=O) groups excluding carboxylic acids is 2. The number of amides is 2. The van der Waals surface area contributed by atoms with Crippen molar-refractivity contribution >= 4 is 17.5 Å². The van der Waals surface area contributed by atoms with Crippen molar-refractivity contribution in [2.45, 2.75) is 6.92 Å². The maximum absolute atomic E-state index is 13.4. The zero-order valence-corrected chi connectivity index (χ0v) is 10.7. The fraction of sp³-hybridized carbons (Fsp3) is 0.0714. The Balaban J connectivity index is 2.32. The molecule has 2 aromatic rings. The van der Waals surface area contributed by atoms with Crippen molar-refractivity contribution < 1.29 is 14.0 Å². The summed E-state index contributed by atoms with van der Waals surface area (Å²) in [6, 6.07) is 7.53. The maximum atomic E-state index is 13.4. The van der Waals surface area contributed by atoms with E-state index in [1.165, 1.54) is 18.3 Å². The summed E-state index contributed by atoms with van der Waals surface area (Å²) in [5.41, 5.74) is 6.28. The lowest BCUT2D eigenvalue weighted by Gasteiger charge is -2.10. The molecular weight excluding hydrogens is 261 g/mol. The number of anilines is 1. The topological polar surface area (TPSA) is 85.1 Å². The van der Waals surface area contributed by atoms with Gasteiger partial charge in [-0.15, -0.1) is 0 Å². The van der Waals surface area contributed by atoms with Crippen molar-refractivity contribution in [3.8, 4) is 0 Å². The molecule has 1 aromatic carbocycles. The largest absolute Gasteiger partial charge is 0.366 e. The van der Waals surface area contributed by atoms with Crippen LogP contribution in [-0.4, -0.2) is 16.8 Å². The smallest absolute Gasteiger partial charge is 0.260 e. The summed E-state index contributed by atoms with van der Waals surface area (Å²) in [6.45, 7) is 1.65. The Kier molecular flexibility index (Phi) is 3.74. The van der Waals surface area contributed by atoms with Gasteiger partial charge in [-0.05, 0) is 36.8 Å². The van der Waals surface area contributed by atoms with E-state index in [-0.39, 0.29) is 5.56 Å². The molecule has 0 unspecified atom stereocenters. The van der Waals surface area contributed by atoms with Crippen LogP contribution in [0.3, 0.4) is 0 Å². The summed E-state index contributed by atoms with van der Waals surface area (Å²) in [4.78, 5) is 26.6. The molecular formula is C14H12FN3O2. The molecule has 3 N–H and O–H groups in total. The van der Waals surface area contributed by atoms with Gasteiger partial charge in [0.05, 0.1) is 5.56 Å². The second-order valence-electron chi connectivity index (χ2n) is 4.14. The summed E-state index contributed by atoms with van der Waals surface area (Å²) in [6.07, 6.45) is 1.26. The summed E-state index contributed by atoms with van der Waals surface area (Å²) in [7, 11) is 0. The number of benzene rings is 1. The lowest BCUT2D eigenvalue weighted by molar-refractivity contribution is 0.0994. The minimum Gasteiger partial charge on any atom is -0.366 e. The van der Waals surface area contributed by atoms with E-state index in [9.17, 15) is 14.0 Å². The first kappa shape index (κ1) is 13.7. The summed E-state index contributed by atoms with van der Waals surface area (Å²) in [5, 5.41) is 2.54. The van der Waals surface area contributed by atoms with E-state index in [0.717, 1.165) is 0 Å². The van der Waals surface area contributed by atoms with Crippen LogP contribution in [0.5, 0.6) is 0 Å². The Morgan fingerprint density at radius 1 is 1.20 bits per heavy atom. The lowest BCUT2D eigenvalue weighted by Crippen LogP contribution is -2.17. The van der Waals surface area contributed by atoms with Gasteiger partial charge in [-0.1, -0.05) is 6.07 Å². The van der Waals surface area contributed by atoms with Gasteiger partial charge >= 0.3 is 0 Å². The minimum atomic E-state index is -0.853. The number of nitrogens with two attached hydrogens (primary N) is 1. The van der Waals surface area contributed by atoms with Crippen molar-refractivity contribution in [2.24, 2.45) is 5.73 Å². The zero-order valence-electron chi connectivity index (χ0n) is 10.7. The molecule has 0 bridgehead atoms. The highest BCUT2D eigenvalue weighted by Gasteiger charge is 2.15. The normalized spacial score (nSPS) is 10.1. The second kappa shape index (κ2) is 5.48. The molecule has 1 aromatic heterocycles. The molecule has 0 spiro atoms. The van der Waals surface area contributed by atoms with E-state index in [1.54, 1.807) is 25.1 Å². The molecule has 0 atom stereocenters. The van der Waals surface area contributed by atoms with E-state index < -0.39 is 17.8 Å². The molecule has 102 valence electrons. The SMILES string of the molecule is Cc1c(NC(=O)c2cccnc2F)cccc1C(N)=O. The van der Waals surface area contributed by atoms with Gasteiger partial charge in [0.1, 0.15) is 0 Å². The van der Waals surface area contributed by atoms with Crippen LogP contribution in [0, 0.1) is 12.9 Å². The summed E-state index contributed by atoms with van der Waals surface area (Å²) < 4.78 is 13.4. The van der Waals surface area contributed by atoms with Crippen molar-refractivity contribution in [3.63, 3.8) is 0 Å². The van der Waals surface area contributed by atoms with Crippen molar-refractivity contribution in [1.29, 1.82) is 0 Å². The number of carbonyl (C=O) groups is 2. The predicted molar refractivity (Wildman–Crippen MR) is 71.8 cm³/mol. The molecule has 0 aliphatic heterocycles. The van der Waals surface area contributed by atoms with Crippen LogP contribution in [0.2, 0.25) is 0 Å². The maximum Gasteiger partial charge on any atom is 0.260 e. The summed E-state index contributed by atoms with van der Waals surface area (Å²) in [5.74, 6) is -2.08. The highest BCUT2D eigenvalue weighted by atomic mass is 19.1. The Morgan fingerprint density at radius 2 is 1.90 bits per heavy atom. The van der Waals surface area contributed by atoms with Crippen molar-refractivity contribution in [2.75, 3.05) is 5.32 Å². The van der Waals surface area contributed by atoms with Gasteiger partial charge in [0.15, 0.2) is 0 Å². The van der Waals surface area contributed by atoms with Crippen LogP contribution in [-0.2, 0) is 0 Å². The van der Waals surface area contributed by atoms with E-state index >= 15 is 0 Å². The van der Waals surface area contributed by atoms with Crippen LogP contribution >= 0.6 is 0 Å². The van der Waals surface area contributed by atoms with Crippen LogP contribution in [0.4, 0.5) is 10.1 Å². The number of hydrogen-bond donors (Lipinski definition) is 2. The van der Waals surface area contributed by atoms with E-state index in [4.69, 9.17) is 5.73 Å². The highest BCUT2D eigenvalue weighted by Crippen LogP contribution is 2.19. The van der Waals surface area contributed by atoms with Crippen molar-refractivity contribution in [3.05, 3.63) is 59.2 Å². The number of pyridine rings is 1. The average molecular weight is 273 g/mol. The van der Waals surface area contributed by atoms with Crippen LogP contribution < -0.4 is 11.1 Å². The molecule has 0 radical (unpaired) electrons. The van der Waals surface area contributed by atoms with Gasteiger partial charge < -0.3 is 11.1 Å². The number of aromatic nitrogens is 1. The first-order valence-electron chi connectivity index (χ1n) is 5.82. The molecule has 1 heterocycles. The molecule has 6 heteroatoms. The van der Waals surface area contributed by atoms with Crippen LogP contribution in [0.1, 0.15) is 26.3 Å². The number of hydrogen-bond acceptors (Lipinski definition) is 3. The molecule has 0 fully saturated rings. The Labute approximate surface area is 114 Å². The zero-order chi connectivity index (χ0) is 14.7. The second-order valence-corrected chi connectivity index (χ2v) is 4.14. The number of nitrogens with zero attached hydrogens (tertiary/aromatic N) is 1. The first-order valence-corrected chi connectivity index (χ1v) is 5.82. The average Bonchev–Trinajstić information content (AvgIpc) is 2.41. The van der Waals surface area contributed by atoms with Gasteiger partial charge in [0.25, 0.3) is 5.91 Å². The van der Waals surface area contributed by atoms with E-state index in [1.807, 2.05) is 0 Å². The van der Waals surface area contributed by atoms with Gasteiger partial charge in [-0.2, -0.15) is 4.39 Å². The van der Waals surface area contributed by atoms with Gasteiger partial charge in [0, 0.05) is 17.4 Å². The standard InChI is InChI=1S/C14H12FN3O2/c1-8-9(13(16)19)4-2-6-11(8)18-14(20)10-5-3-7-17-12(10)15/h2-7H,1H3,(H2,16,19)(H,18,20). The number of halogens is 1. The number of rotatable bonds is 3. The third-order valence-electron chi connectivity index (χ3n) is 2.85. The van der Waals surface area contributed by atoms with E-state index in [0.29, 0.717) is 16.8 Å². The highest BCUT2D eigenvalue weighted by molar-refractivity contribution is 6.05. The van der Waals surface area contributed by atoms with Gasteiger partial charge in [-0.25, -0.2) is 4.98 Å². The van der Waals surface area contributed by atoms with Crippen LogP contribution in [0.15, 0.2) is 36.5 Å². The summed E-state index contributed by atoms with van der Waals surface area (Å²) >= 11 is 0. The molecule has 0 aliphatic rings. The Hall–Kier alpha value is -2.76. The van der Waals surface area contributed by atoms with Crippen LogP contribution in [0.25, 0.3) is 0 Å². The third kappa shape index (κ3) is 2.64. The molecule has 2 amide bonds. The molecule has 0 aliphatic carbocycles. The van der Waals surface area contributed by atoms with Gasteiger partial charge in [0.2, 0.25) is 11.9 Å². The minimum absolute atomic E-state index is 0.170. The third-order valence-corrected chi connectivity index (χ3v) is 2.85.